The predicted molar refractivity (Wildman–Crippen MR) is 47.1 cm³/mol. The molecule has 0 spiro atoms. The van der Waals surface area contributed by atoms with Crippen LogP contribution in [0.3, 0.4) is 0 Å². The third kappa shape index (κ3) is 2.04. The van der Waals surface area contributed by atoms with Crippen molar-refractivity contribution in [3.8, 4) is 0 Å². The Balaban J connectivity index is 2.56. The molecule has 0 saturated carbocycles. The lowest BCUT2D eigenvalue weighted by Gasteiger charge is -2.18. The first-order valence-corrected chi connectivity index (χ1v) is 5.44. The molecule has 12 heavy (non-hydrogen) atoms. The van der Waals surface area contributed by atoms with Gasteiger partial charge in [0, 0.05) is 26.0 Å². The average Bonchev–Trinajstić information content (AvgIpc) is 2.47. The van der Waals surface area contributed by atoms with Gasteiger partial charge in [-0.3, -0.25) is 0 Å². The monoisotopic (exact) mass is 193 g/mol. The molecule has 0 aliphatic carbocycles. The van der Waals surface area contributed by atoms with E-state index in [0.717, 1.165) is 6.42 Å². The lowest BCUT2D eigenvalue weighted by atomic mass is 10.2. The van der Waals surface area contributed by atoms with E-state index in [2.05, 4.69) is 0 Å². The fourth-order valence-electron chi connectivity index (χ4n) is 1.50. The second kappa shape index (κ2) is 4.32. The highest BCUT2D eigenvalue weighted by molar-refractivity contribution is 7.81. The summed E-state index contributed by atoms with van der Waals surface area (Å²) in [6, 6.07) is 0.000725. The SMILES string of the molecule is COC1CC(CO)N(S(C)=O)C1. The molecule has 0 aromatic rings. The Kier molecular flexibility index (Phi) is 3.64. The predicted octanol–water partition coefficient (Wildman–Crippen LogP) is -0.639. The summed E-state index contributed by atoms with van der Waals surface area (Å²) in [5.41, 5.74) is 0. The fraction of sp³-hybridized carbons (Fsp3) is 1.00. The Morgan fingerprint density at radius 1 is 1.75 bits per heavy atom. The summed E-state index contributed by atoms with van der Waals surface area (Å²) in [5, 5.41) is 8.97. The molecular weight excluding hydrogens is 178 g/mol. The van der Waals surface area contributed by atoms with E-state index >= 15 is 0 Å². The van der Waals surface area contributed by atoms with Crippen LogP contribution in [0.25, 0.3) is 0 Å². The molecule has 3 atom stereocenters. The zero-order chi connectivity index (χ0) is 9.14. The van der Waals surface area contributed by atoms with Gasteiger partial charge < -0.3 is 9.84 Å². The van der Waals surface area contributed by atoms with E-state index in [0.29, 0.717) is 6.54 Å². The average molecular weight is 193 g/mol. The molecule has 0 bridgehead atoms. The van der Waals surface area contributed by atoms with Crippen LogP contribution in [0.1, 0.15) is 6.42 Å². The molecule has 1 saturated heterocycles. The topological polar surface area (TPSA) is 49.8 Å². The van der Waals surface area contributed by atoms with E-state index in [9.17, 15) is 4.21 Å². The van der Waals surface area contributed by atoms with Crippen LogP contribution in [0.15, 0.2) is 0 Å². The maximum Gasteiger partial charge on any atom is 0.0915 e. The maximum absolute atomic E-state index is 11.1. The highest BCUT2D eigenvalue weighted by Gasteiger charge is 2.33. The van der Waals surface area contributed by atoms with Crippen molar-refractivity contribution in [3.05, 3.63) is 0 Å². The number of aliphatic hydroxyl groups excluding tert-OH is 1. The van der Waals surface area contributed by atoms with Crippen molar-refractivity contribution in [3.63, 3.8) is 0 Å². The van der Waals surface area contributed by atoms with Crippen molar-refractivity contribution in [1.29, 1.82) is 0 Å². The van der Waals surface area contributed by atoms with Crippen molar-refractivity contribution in [2.75, 3.05) is 26.5 Å². The van der Waals surface area contributed by atoms with Crippen LogP contribution in [0, 0.1) is 0 Å². The largest absolute Gasteiger partial charge is 0.395 e. The first-order valence-electron chi connectivity index (χ1n) is 3.93. The summed E-state index contributed by atoms with van der Waals surface area (Å²) in [6.45, 7) is 0.713. The Labute approximate surface area is 75.1 Å². The Bertz CT molecular complexity index is 176. The molecule has 1 aliphatic rings. The number of methoxy groups -OCH3 is 1. The minimum atomic E-state index is -1.000. The number of aliphatic hydroxyl groups is 1. The first kappa shape index (κ1) is 10.1. The lowest BCUT2D eigenvalue weighted by Crippen LogP contribution is -2.33. The molecular formula is C7H15NO3S. The summed E-state index contributed by atoms with van der Waals surface area (Å²) >= 11 is 0. The summed E-state index contributed by atoms with van der Waals surface area (Å²) in [4.78, 5) is 0. The van der Waals surface area contributed by atoms with Crippen LogP contribution in [0.5, 0.6) is 0 Å². The standard InChI is InChI=1S/C7H15NO3S/c1-11-7-3-6(5-9)8(4-7)12(2)10/h6-7,9H,3-5H2,1-2H3. The number of hydrogen-bond donors (Lipinski definition) is 1. The molecule has 72 valence electrons. The van der Waals surface area contributed by atoms with Gasteiger partial charge in [-0.1, -0.05) is 0 Å². The van der Waals surface area contributed by atoms with Crippen LogP contribution in [0.2, 0.25) is 0 Å². The smallest absolute Gasteiger partial charge is 0.0915 e. The number of ether oxygens (including phenoxy) is 1. The van der Waals surface area contributed by atoms with Gasteiger partial charge in [0.25, 0.3) is 0 Å². The molecule has 4 nitrogen and oxygen atoms in total. The Hall–Kier alpha value is 0.0300. The van der Waals surface area contributed by atoms with Gasteiger partial charge in [-0.15, -0.1) is 0 Å². The van der Waals surface area contributed by atoms with Crippen molar-refractivity contribution in [2.24, 2.45) is 0 Å². The molecule has 5 heteroatoms. The Morgan fingerprint density at radius 2 is 2.42 bits per heavy atom. The van der Waals surface area contributed by atoms with E-state index in [4.69, 9.17) is 9.84 Å². The summed E-state index contributed by atoms with van der Waals surface area (Å²) in [6.07, 6.45) is 2.51. The highest BCUT2D eigenvalue weighted by Crippen LogP contribution is 2.20. The van der Waals surface area contributed by atoms with Gasteiger partial charge in [-0.2, -0.15) is 0 Å². The zero-order valence-corrected chi connectivity index (χ0v) is 8.21. The number of hydrogen-bond acceptors (Lipinski definition) is 3. The van der Waals surface area contributed by atoms with Crippen LogP contribution in [-0.2, 0) is 15.7 Å². The molecule has 1 N–H and O–H groups in total. The summed E-state index contributed by atoms with van der Waals surface area (Å²) in [7, 11) is 0.640. The second-order valence-electron chi connectivity index (χ2n) is 2.95. The van der Waals surface area contributed by atoms with Gasteiger partial charge in [-0.05, 0) is 6.42 Å². The molecule has 1 heterocycles. The maximum atomic E-state index is 11.1. The normalized spacial score (nSPS) is 33.9. The molecule has 1 aliphatic heterocycles. The number of rotatable bonds is 3. The fourth-order valence-corrected chi connectivity index (χ4v) is 2.45. The van der Waals surface area contributed by atoms with E-state index in [1.54, 1.807) is 17.7 Å². The highest BCUT2D eigenvalue weighted by atomic mass is 32.2. The van der Waals surface area contributed by atoms with Gasteiger partial charge in [-0.25, -0.2) is 8.51 Å². The quantitative estimate of drug-likeness (QED) is 0.648. The molecule has 0 aromatic heterocycles. The molecule has 0 aromatic carbocycles. The van der Waals surface area contributed by atoms with Gasteiger partial charge in [0.1, 0.15) is 0 Å². The lowest BCUT2D eigenvalue weighted by molar-refractivity contribution is 0.113. The van der Waals surface area contributed by atoms with Gasteiger partial charge in [0.2, 0.25) is 0 Å². The van der Waals surface area contributed by atoms with Crippen LogP contribution in [-0.4, -0.2) is 52.3 Å². The summed E-state index contributed by atoms with van der Waals surface area (Å²) in [5.74, 6) is 0. The molecule has 3 unspecified atom stereocenters. The van der Waals surface area contributed by atoms with E-state index in [1.165, 1.54) is 0 Å². The number of nitrogens with zero attached hydrogens (tertiary/aromatic N) is 1. The molecule has 1 rings (SSSR count). The first-order chi connectivity index (χ1) is 5.69. The van der Waals surface area contributed by atoms with E-state index in [-0.39, 0.29) is 18.8 Å². The molecule has 1 fully saturated rings. The van der Waals surface area contributed by atoms with Gasteiger partial charge in [0.15, 0.2) is 0 Å². The second-order valence-corrected chi connectivity index (χ2v) is 4.27. The van der Waals surface area contributed by atoms with Gasteiger partial charge in [0.05, 0.1) is 23.7 Å². The van der Waals surface area contributed by atoms with Crippen molar-refractivity contribution < 1.29 is 14.1 Å². The summed E-state index contributed by atoms with van der Waals surface area (Å²) < 4.78 is 18.1. The Morgan fingerprint density at radius 3 is 2.75 bits per heavy atom. The van der Waals surface area contributed by atoms with Crippen molar-refractivity contribution in [2.45, 2.75) is 18.6 Å². The minimum absolute atomic E-state index is 0.000725. The third-order valence-corrected chi connectivity index (χ3v) is 3.31. The van der Waals surface area contributed by atoms with Crippen molar-refractivity contribution >= 4 is 11.0 Å². The third-order valence-electron chi connectivity index (χ3n) is 2.20. The van der Waals surface area contributed by atoms with E-state index in [1.807, 2.05) is 0 Å². The van der Waals surface area contributed by atoms with Gasteiger partial charge >= 0.3 is 0 Å². The molecule has 0 amide bonds. The van der Waals surface area contributed by atoms with Crippen LogP contribution < -0.4 is 0 Å². The van der Waals surface area contributed by atoms with Crippen molar-refractivity contribution in [1.82, 2.24) is 4.31 Å². The van der Waals surface area contributed by atoms with Crippen LogP contribution >= 0.6 is 0 Å². The van der Waals surface area contributed by atoms with Crippen LogP contribution in [0.4, 0.5) is 0 Å². The van der Waals surface area contributed by atoms with E-state index < -0.39 is 11.0 Å². The molecule has 0 radical (unpaired) electrons. The minimum Gasteiger partial charge on any atom is -0.395 e. The zero-order valence-electron chi connectivity index (χ0n) is 7.40.